The van der Waals surface area contributed by atoms with Gasteiger partial charge in [0.05, 0.1) is 17.9 Å². The third kappa shape index (κ3) is 3.93. The molecule has 2 aromatic carbocycles. The van der Waals surface area contributed by atoms with Gasteiger partial charge in [-0.3, -0.25) is 9.69 Å². The molecule has 4 aliphatic rings. The quantitative estimate of drug-likeness (QED) is 0.418. The fourth-order valence-corrected chi connectivity index (χ4v) is 6.70. The molecule has 2 fully saturated rings. The average molecular weight is 527 g/mol. The van der Waals surface area contributed by atoms with Crippen LogP contribution in [-0.2, 0) is 16.6 Å². The summed E-state index contributed by atoms with van der Waals surface area (Å²) >= 11 is 1.45. The fraction of sp³-hybridized carbons (Fsp3) is 0.407. The van der Waals surface area contributed by atoms with E-state index in [1.165, 1.54) is 17.4 Å². The van der Waals surface area contributed by atoms with Gasteiger partial charge in [0.2, 0.25) is 6.79 Å². The van der Waals surface area contributed by atoms with Crippen molar-refractivity contribution in [1.29, 1.82) is 0 Å². The Morgan fingerprint density at radius 2 is 1.86 bits per heavy atom. The number of benzene rings is 2. The van der Waals surface area contributed by atoms with Gasteiger partial charge < -0.3 is 18.9 Å². The number of para-hydroxylation sites is 1. The Bertz CT molecular complexity index is 1380. The van der Waals surface area contributed by atoms with Gasteiger partial charge in [0, 0.05) is 16.6 Å². The van der Waals surface area contributed by atoms with E-state index in [0.717, 1.165) is 49.2 Å². The Hall–Kier alpha value is -3.24. The van der Waals surface area contributed by atoms with Crippen LogP contribution in [0.3, 0.4) is 0 Å². The number of aromatic nitrogens is 1. The molecule has 7 rings (SSSR count). The number of likely N-dealkylation sites (tertiary alicyclic amines) is 1. The first kappa shape index (κ1) is 22.9. The van der Waals surface area contributed by atoms with Crippen LogP contribution in [0.4, 0.5) is 8.78 Å². The van der Waals surface area contributed by atoms with E-state index < -0.39 is 11.7 Å². The largest absolute Gasteiger partial charge is 0.586 e. The SMILES string of the molecule is O=C(Cc1ncc(C(c2cccc3c2OC(F)(F)O3)N2CCCC2)s1)C1(c2ccc3c(c2)OCO3)CC1. The van der Waals surface area contributed by atoms with Crippen LogP contribution in [0, 0.1) is 0 Å². The minimum absolute atomic E-state index is 0.0333. The number of ketones is 1. The van der Waals surface area contributed by atoms with E-state index in [9.17, 15) is 13.6 Å². The molecule has 10 heteroatoms. The van der Waals surface area contributed by atoms with Gasteiger partial charge in [0.1, 0.15) is 10.8 Å². The summed E-state index contributed by atoms with van der Waals surface area (Å²) in [4.78, 5) is 21.2. The van der Waals surface area contributed by atoms with Crippen LogP contribution in [0.2, 0.25) is 0 Å². The monoisotopic (exact) mass is 526 g/mol. The first-order valence-corrected chi connectivity index (χ1v) is 13.2. The van der Waals surface area contributed by atoms with Crippen molar-refractivity contribution in [3.8, 4) is 23.0 Å². The zero-order chi connectivity index (χ0) is 25.2. The van der Waals surface area contributed by atoms with Gasteiger partial charge in [0.25, 0.3) is 0 Å². The predicted molar refractivity (Wildman–Crippen MR) is 130 cm³/mol. The summed E-state index contributed by atoms with van der Waals surface area (Å²) in [5.41, 5.74) is 1.06. The highest BCUT2D eigenvalue weighted by Gasteiger charge is 2.51. The Morgan fingerprint density at radius 1 is 1.05 bits per heavy atom. The lowest BCUT2D eigenvalue weighted by molar-refractivity contribution is -0.287. The molecule has 37 heavy (non-hydrogen) atoms. The summed E-state index contributed by atoms with van der Waals surface area (Å²) in [5.74, 6) is 1.60. The number of alkyl halides is 2. The number of hydrogen-bond acceptors (Lipinski definition) is 8. The third-order valence-electron chi connectivity index (χ3n) is 7.62. The molecule has 1 atom stereocenters. The highest BCUT2D eigenvalue weighted by atomic mass is 32.1. The summed E-state index contributed by atoms with van der Waals surface area (Å²) in [5, 5.41) is 0.714. The van der Waals surface area contributed by atoms with Gasteiger partial charge in [0.15, 0.2) is 23.0 Å². The Balaban J connectivity index is 1.16. The third-order valence-corrected chi connectivity index (χ3v) is 8.67. The summed E-state index contributed by atoms with van der Waals surface area (Å²) in [6.45, 7) is 1.87. The van der Waals surface area contributed by atoms with Crippen molar-refractivity contribution in [2.45, 2.75) is 49.9 Å². The number of hydrogen-bond donors (Lipinski definition) is 0. The van der Waals surface area contributed by atoms with Gasteiger partial charge in [-0.1, -0.05) is 18.2 Å². The minimum atomic E-state index is -3.69. The maximum absolute atomic E-state index is 13.9. The molecular weight excluding hydrogens is 502 g/mol. The maximum atomic E-state index is 13.9. The lowest BCUT2D eigenvalue weighted by Crippen LogP contribution is -2.28. The average Bonchev–Trinajstić information content (AvgIpc) is 3.32. The van der Waals surface area contributed by atoms with Crippen LogP contribution in [0.15, 0.2) is 42.6 Å². The molecule has 7 nitrogen and oxygen atoms in total. The van der Waals surface area contributed by atoms with Gasteiger partial charge in [-0.25, -0.2) is 4.98 Å². The second-order valence-electron chi connectivity index (χ2n) is 9.89. The van der Waals surface area contributed by atoms with Crippen molar-refractivity contribution >= 4 is 17.1 Å². The first-order chi connectivity index (χ1) is 17.9. The molecular formula is C27H24F2N2O5S. The molecule has 1 aliphatic carbocycles. The van der Waals surface area contributed by atoms with Crippen LogP contribution in [-0.4, -0.2) is 41.8 Å². The highest BCUT2D eigenvalue weighted by molar-refractivity contribution is 7.11. The van der Waals surface area contributed by atoms with Gasteiger partial charge in [-0.05, 0) is 62.5 Å². The standard InChI is InChI=1S/C27H24F2N2O5S/c28-27(29)35-19-5-3-4-17(25(19)36-27)24(31-10-1-2-11-31)21-14-30-23(37-21)13-22(32)26(8-9-26)16-6-7-18-20(12-16)34-15-33-18/h3-7,12,14,24H,1-2,8-11,13,15H2. The van der Waals surface area contributed by atoms with Crippen LogP contribution in [0.25, 0.3) is 0 Å². The molecule has 0 amide bonds. The zero-order valence-electron chi connectivity index (χ0n) is 19.9. The van der Waals surface area contributed by atoms with E-state index in [0.29, 0.717) is 22.1 Å². The van der Waals surface area contributed by atoms with E-state index in [4.69, 9.17) is 18.9 Å². The minimum Gasteiger partial charge on any atom is -0.454 e. The summed E-state index contributed by atoms with van der Waals surface area (Å²) < 4.78 is 48.4. The molecule has 1 saturated heterocycles. The van der Waals surface area contributed by atoms with Gasteiger partial charge >= 0.3 is 6.29 Å². The van der Waals surface area contributed by atoms with E-state index in [1.54, 1.807) is 18.3 Å². The smallest absolute Gasteiger partial charge is 0.454 e. The lowest BCUT2D eigenvalue weighted by Gasteiger charge is -2.27. The van der Waals surface area contributed by atoms with Crippen molar-refractivity contribution in [3.05, 3.63) is 63.6 Å². The number of halogens is 2. The molecule has 1 aromatic heterocycles. The van der Waals surface area contributed by atoms with Crippen molar-refractivity contribution < 1.29 is 32.5 Å². The molecule has 192 valence electrons. The molecule has 0 radical (unpaired) electrons. The number of carbonyl (C=O) groups excluding carboxylic acids is 1. The predicted octanol–water partition coefficient (Wildman–Crippen LogP) is 5.22. The molecule has 1 saturated carbocycles. The van der Waals surface area contributed by atoms with E-state index in [-0.39, 0.29) is 36.5 Å². The van der Waals surface area contributed by atoms with Gasteiger partial charge in [-0.2, -0.15) is 0 Å². The Labute approximate surface area is 215 Å². The van der Waals surface area contributed by atoms with Gasteiger partial charge in [-0.15, -0.1) is 20.1 Å². The van der Waals surface area contributed by atoms with Crippen molar-refractivity contribution in [1.82, 2.24) is 9.88 Å². The number of thiazole rings is 1. The molecule has 4 heterocycles. The maximum Gasteiger partial charge on any atom is 0.586 e. The molecule has 0 bridgehead atoms. The second-order valence-corrected chi connectivity index (χ2v) is 11.0. The molecule has 0 spiro atoms. The highest BCUT2D eigenvalue weighted by Crippen LogP contribution is 2.52. The zero-order valence-corrected chi connectivity index (χ0v) is 20.7. The van der Waals surface area contributed by atoms with Crippen molar-refractivity contribution in [2.75, 3.05) is 19.9 Å². The number of nitrogens with zero attached hydrogens (tertiary/aromatic N) is 2. The van der Waals surface area contributed by atoms with E-state index >= 15 is 0 Å². The molecule has 3 aliphatic heterocycles. The summed E-state index contributed by atoms with van der Waals surface area (Å²) in [6, 6.07) is 10.4. The normalized spacial score (nSPS) is 21.2. The number of rotatable bonds is 7. The number of ether oxygens (including phenoxy) is 4. The molecule has 3 aromatic rings. The second kappa shape index (κ2) is 8.39. The first-order valence-electron chi connectivity index (χ1n) is 12.4. The van der Waals surface area contributed by atoms with Crippen LogP contribution >= 0.6 is 11.3 Å². The molecule has 1 unspecified atom stereocenters. The summed E-state index contributed by atoms with van der Waals surface area (Å²) in [7, 11) is 0. The lowest BCUT2D eigenvalue weighted by atomic mass is 9.89. The number of carbonyl (C=O) groups is 1. The molecule has 0 N–H and O–H groups in total. The van der Waals surface area contributed by atoms with E-state index in [2.05, 4.69) is 9.88 Å². The van der Waals surface area contributed by atoms with Crippen LogP contribution in [0.5, 0.6) is 23.0 Å². The fourth-order valence-electron chi connectivity index (χ4n) is 5.62. The number of Topliss-reactive ketones (excluding diaryl/α,β-unsaturated/α-hetero) is 1. The number of fused-ring (bicyclic) bond motifs is 2. The van der Waals surface area contributed by atoms with Crippen LogP contribution < -0.4 is 18.9 Å². The van der Waals surface area contributed by atoms with Crippen molar-refractivity contribution in [3.63, 3.8) is 0 Å². The van der Waals surface area contributed by atoms with E-state index in [1.807, 2.05) is 18.2 Å². The Kier molecular flexibility index (Phi) is 5.20. The van der Waals surface area contributed by atoms with Crippen LogP contribution in [0.1, 0.15) is 52.7 Å². The Morgan fingerprint density at radius 3 is 2.68 bits per heavy atom. The topological polar surface area (TPSA) is 70.1 Å². The van der Waals surface area contributed by atoms with Crippen molar-refractivity contribution in [2.24, 2.45) is 0 Å². The summed E-state index contributed by atoms with van der Waals surface area (Å²) in [6.07, 6.45) is 1.94.